The maximum Gasteiger partial charge on any atom is 0.406 e. The molecule has 1 aliphatic rings. The Bertz CT molecular complexity index is 759. The van der Waals surface area contributed by atoms with Crippen LogP contribution in [0.4, 0.5) is 13.2 Å². The molecule has 3 rings (SSSR count). The van der Waals surface area contributed by atoms with Crippen molar-refractivity contribution in [3.63, 3.8) is 0 Å². The van der Waals surface area contributed by atoms with Gasteiger partial charge in [-0.2, -0.15) is 13.2 Å². The molecular formula is C20H23F3N2O2. The number of furan rings is 1. The molecule has 146 valence electrons. The molecule has 0 aliphatic heterocycles. The minimum absolute atomic E-state index is 0.0373. The number of nitrogens with zero attached hydrogens (tertiary/aromatic N) is 2. The second-order valence-corrected chi connectivity index (χ2v) is 6.97. The van der Waals surface area contributed by atoms with E-state index in [1.165, 1.54) is 11.8 Å². The summed E-state index contributed by atoms with van der Waals surface area (Å²) in [6.45, 7) is -1.56. The molecular weight excluding hydrogens is 357 g/mol. The quantitative estimate of drug-likeness (QED) is 0.754. The van der Waals surface area contributed by atoms with Crippen molar-refractivity contribution in [1.82, 2.24) is 9.80 Å². The molecule has 0 saturated carbocycles. The lowest BCUT2D eigenvalue weighted by molar-refractivity contribution is -0.163. The molecule has 0 fully saturated rings. The van der Waals surface area contributed by atoms with Crippen molar-refractivity contribution in [1.29, 1.82) is 0 Å². The van der Waals surface area contributed by atoms with Gasteiger partial charge in [-0.3, -0.25) is 9.69 Å². The number of benzene rings is 1. The van der Waals surface area contributed by atoms with Crippen LogP contribution in [0.25, 0.3) is 0 Å². The third-order valence-corrected chi connectivity index (χ3v) is 4.90. The zero-order valence-corrected chi connectivity index (χ0v) is 15.2. The van der Waals surface area contributed by atoms with Crippen LogP contribution in [-0.4, -0.2) is 42.0 Å². The summed E-state index contributed by atoms with van der Waals surface area (Å²) in [7, 11) is 1.79. The molecule has 7 heteroatoms. The van der Waals surface area contributed by atoms with E-state index in [1.807, 2.05) is 23.1 Å². The number of likely N-dealkylation sites (N-methyl/N-ethyl adjacent to an activating group) is 1. The van der Waals surface area contributed by atoms with Crippen molar-refractivity contribution in [2.75, 3.05) is 20.1 Å². The van der Waals surface area contributed by atoms with Gasteiger partial charge in [-0.05, 0) is 49.6 Å². The molecule has 27 heavy (non-hydrogen) atoms. The highest BCUT2D eigenvalue weighted by Gasteiger charge is 2.34. The summed E-state index contributed by atoms with van der Waals surface area (Å²) in [6, 6.07) is 11.3. The molecule has 0 bridgehead atoms. The summed E-state index contributed by atoms with van der Waals surface area (Å²) in [6.07, 6.45) is -0.195. The third kappa shape index (κ3) is 5.13. The Labute approximate surface area is 156 Å². The van der Waals surface area contributed by atoms with Crippen LogP contribution < -0.4 is 0 Å². The van der Waals surface area contributed by atoms with Gasteiger partial charge in [0.2, 0.25) is 5.91 Å². The summed E-state index contributed by atoms with van der Waals surface area (Å²) in [5.41, 5.74) is 2.41. The van der Waals surface area contributed by atoms with Gasteiger partial charge < -0.3 is 9.32 Å². The fraction of sp³-hybridized carbons (Fsp3) is 0.450. The Kier molecular flexibility index (Phi) is 5.89. The SMILES string of the molecule is CN(CC(=O)N(Cc1ccco1)CC(F)(F)F)C1CCCc2ccccc21. The smallest absolute Gasteiger partial charge is 0.406 e. The van der Waals surface area contributed by atoms with Gasteiger partial charge in [-0.15, -0.1) is 0 Å². The van der Waals surface area contributed by atoms with Crippen LogP contribution in [0.2, 0.25) is 0 Å². The minimum atomic E-state index is -4.46. The molecule has 1 aliphatic carbocycles. The number of amides is 1. The zero-order chi connectivity index (χ0) is 19.4. The first-order valence-corrected chi connectivity index (χ1v) is 8.98. The van der Waals surface area contributed by atoms with E-state index in [0.29, 0.717) is 5.76 Å². The number of alkyl halides is 3. The van der Waals surface area contributed by atoms with E-state index < -0.39 is 18.6 Å². The van der Waals surface area contributed by atoms with E-state index in [1.54, 1.807) is 19.2 Å². The van der Waals surface area contributed by atoms with Crippen LogP contribution in [0.15, 0.2) is 47.1 Å². The van der Waals surface area contributed by atoms with Crippen LogP contribution >= 0.6 is 0 Å². The second-order valence-electron chi connectivity index (χ2n) is 6.97. The number of halogens is 3. The van der Waals surface area contributed by atoms with E-state index in [2.05, 4.69) is 6.07 Å². The highest BCUT2D eigenvalue weighted by atomic mass is 19.4. The van der Waals surface area contributed by atoms with E-state index in [9.17, 15) is 18.0 Å². The van der Waals surface area contributed by atoms with E-state index >= 15 is 0 Å². The first kappa shape index (κ1) is 19.5. The number of fused-ring (bicyclic) bond motifs is 1. The maximum atomic E-state index is 12.9. The molecule has 1 unspecified atom stereocenters. The van der Waals surface area contributed by atoms with E-state index in [0.717, 1.165) is 29.7 Å². The molecule has 1 aromatic heterocycles. The number of rotatable bonds is 6. The first-order valence-electron chi connectivity index (χ1n) is 8.98. The van der Waals surface area contributed by atoms with E-state index in [4.69, 9.17) is 4.42 Å². The number of hydrogen-bond donors (Lipinski definition) is 0. The first-order chi connectivity index (χ1) is 12.8. The maximum absolute atomic E-state index is 12.9. The molecule has 0 radical (unpaired) electrons. The van der Waals surface area contributed by atoms with Crippen molar-refractivity contribution in [2.45, 2.75) is 38.0 Å². The van der Waals surface area contributed by atoms with Gasteiger partial charge in [0.25, 0.3) is 0 Å². The van der Waals surface area contributed by atoms with Gasteiger partial charge in [0.15, 0.2) is 0 Å². The summed E-state index contributed by atoms with van der Waals surface area (Å²) in [4.78, 5) is 15.3. The summed E-state index contributed by atoms with van der Waals surface area (Å²) in [5, 5.41) is 0. The molecule has 1 atom stereocenters. The van der Waals surface area contributed by atoms with Crippen molar-refractivity contribution < 1.29 is 22.4 Å². The van der Waals surface area contributed by atoms with Crippen LogP contribution in [0.1, 0.15) is 35.8 Å². The number of carbonyl (C=O) groups excluding carboxylic acids is 1. The zero-order valence-electron chi connectivity index (χ0n) is 15.2. The van der Waals surface area contributed by atoms with Gasteiger partial charge >= 0.3 is 6.18 Å². The highest BCUT2D eigenvalue weighted by Crippen LogP contribution is 2.33. The predicted molar refractivity (Wildman–Crippen MR) is 94.9 cm³/mol. The molecule has 4 nitrogen and oxygen atoms in total. The lowest BCUT2D eigenvalue weighted by Crippen LogP contribution is -2.44. The van der Waals surface area contributed by atoms with E-state index in [-0.39, 0.29) is 19.1 Å². The van der Waals surface area contributed by atoms with Gasteiger partial charge in [0.1, 0.15) is 12.3 Å². The fourth-order valence-corrected chi connectivity index (χ4v) is 3.65. The Morgan fingerprint density at radius 2 is 2.00 bits per heavy atom. The predicted octanol–water partition coefficient (Wildman–Crippen LogP) is 4.18. The van der Waals surface area contributed by atoms with Gasteiger partial charge in [-0.1, -0.05) is 24.3 Å². The normalized spacial score (nSPS) is 17.0. The molecule has 0 saturated heterocycles. The molecule has 1 heterocycles. The standard InChI is InChI=1S/C20H23F3N2O2/c1-24(18-10-4-7-15-6-2-3-9-17(15)18)13-19(26)25(14-20(21,22)23)12-16-8-5-11-27-16/h2-3,5-6,8-9,11,18H,4,7,10,12-14H2,1H3. The van der Waals surface area contributed by atoms with Gasteiger partial charge in [0.05, 0.1) is 19.4 Å². The largest absolute Gasteiger partial charge is 0.467 e. The lowest BCUT2D eigenvalue weighted by Gasteiger charge is -2.34. The van der Waals surface area contributed by atoms with Crippen molar-refractivity contribution >= 4 is 5.91 Å². The number of carbonyl (C=O) groups is 1. The topological polar surface area (TPSA) is 36.7 Å². The van der Waals surface area contributed by atoms with Crippen molar-refractivity contribution in [2.24, 2.45) is 0 Å². The average molecular weight is 380 g/mol. The lowest BCUT2D eigenvalue weighted by atomic mass is 9.87. The van der Waals surface area contributed by atoms with Gasteiger partial charge in [0, 0.05) is 6.04 Å². The van der Waals surface area contributed by atoms with Crippen LogP contribution in [0, 0.1) is 0 Å². The third-order valence-electron chi connectivity index (χ3n) is 4.90. The Morgan fingerprint density at radius 3 is 2.70 bits per heavy atom. The monoisotopic (exact) mass is 380 g/mol. The average Bonchev–Trinajstić information content (AvgIpc) is 3.12. The Morgan fingerprint density at radius 1 is 1.22 bits per heavy atom. The fourth-order valence-electron chi connectivity index (χ4n) is 3.65. The molecule has 2 aromatic rings. The summed E-state index contributed by atoms with van der Waals surface area (Å²) in [5.74, 6) is -0.229. The molecule has 1 amide bonds. The summed E-state index contributed by atoms with van der Waals surface area (Å²) < 4.78 is 44.0. The van der Waals surface area contributed by atoms with Gasteiger partial charge in [-0.25, -0.2) is 0 Å². The van der Waals surface area contributed by atoms with Crippen LogP contribution in [0.3, 0.4) is 0 Å². The van der Waals surface area contributed by atoms with Crippen LogP contribution in [0.5, 0.6) is 0 Å². The Balaban J connectivity index is 1.71. The minimum Gasteiger partial charge on any atom is -0.467 e. The van der Waals surface area contributed by atoms with Crippen molar-refractivity contribution in [3.05, 3.63) is 59.5 Å². The van der Waals surface area contributed by atoms with Crippen LogP contribution in [-0.2, 0) is 17.8 Å². The Hall–Kier alpha value is -2.28. The molecule has 0 N–H and O–H groups in total. The molecule has 1 aromatic carbocycles. The molecule has 0 spiro atoms. The van der Waals surface area contributed by atoms with Crippen molar-refractivity contribution in [3.8, 4) is 0 Å². The highest BCUT2D eigenvalue weighted by molar-refractivity contribution is 5.78. The summed E-state index contributed by atoms with van der Waals surface area (Å²) >= 11 is 0. The number of aryl methyl sites for hydroxylation is 1. The number of hydrogen-bond acceptors (Lipinski definition) is 3. The second kappa shape index (κ2) is 8.17.